The van der Waals surface area contributed by atoms with Crippen LogP contribution in [0.5, 0.6) is 0 Å². The molecule has 0 atom stereocenters. The highest BCUT2D eigenvalue weighted by Gasteiger charge is 2.27. The van der Waals surface area contributed by atoms with E-state index in [2.05, 4.69) is 32.4 Å². The van der Waals surface area contributed by atoms with Crippen molar-refractivity contribution in [2.75, 3.05) is 5.32 Å². The summed E-state index contributed by atoms with van der Waals surface area (Å²) < 4.78 is 2.75. The minimum atomic E-state index is -0.168. The second-order valence-corrected chi connectivity index (χ2v) is 9.01. The van der Waals surface area contributed by atoms with E-state index in [1.807, 2.05) is 48.0 Å². The van der Waals surface area contributed by atoms with Crippen LogP contribution in [-0.4, -0.2) is 20.7 Å². The van der Waals surface area contributed by atoms with Crippen LogP contribution in [0, 0.1) is 18.3 Å². The minimum Gasteiger partial charge on any atom is -0.319 e. The van der Waals surface area contributed by atoms with E-state index in [-0.39, 0.29) is 5.91 Å². The number of hydrogen-bond acceptors (Lipinski definition) is 4. The first-order valence-electron chi connectivity index (χ1n) is 10.4. The maximum absolute atomic E-state index is 13.3. The fraction of sp³-hybridized carbons (Fsp3) is 0.200. The first-order chi connectivity index (χ1) is 15.5. The van der Waals surface area contributed by atoms with Crippen LogP contribution in [0.25, 0.3) is 10.9 Å². The molecule has 32 heavy (non-hydrogen) atoms. The van der Waals surface area contributed by atoms with Crippen molar-refractivity contribution in [2.45, 2.75) is 32.2 Å². The fourth-order valence-corrected chi connectivity index (χ4v) is 4.13. The summed E-state index contributed by atoms with van der Waals surface area (Å²) in [5.41, 5.74) is 5.64. The summed E-state index contributed by atoms with van der Waals surface area (Å²) in [6.07, 6.45) is 3.92. The van der Waals surface area contributed by atoms with Gasteiger partial charge in [-0.1, -0.05) is 28.1 Å². The molecule has 1 N–H and O–H groups in total. The van der Waals surface area contributed by atoms with Gasteiger partial charge in [-0.3, -0.25) is 14.5 Å². The molecule has 0 saturated heterocycles. The highest BCUT2D eigenvalue weighted by atomic mass is 79.9. The molecule has 158 valence electrons. The Hall–Kier alpha value is -3.50. The summed E-state index contributed by atoms with van der Waals surface area (Å²) in [7, 11) is 0. The second kappa shape index (κ2) is 8.21. The van der Waals surface area contributed by atoms with Gasteiger partial charge in [0.05, 0.1) is 46.8 Å². The average Bonchev–Trinajstić information content (AvgIpc) is 3.60. The summed E-state index contributed by atoms with van der Waals surface area (Å²) in [6, 6.07) is 17.3. The zero-order valence-electron chi connectivity index (χ0n) is 17.5. The first-order valence-corrected chi connectivity index (χ1v) is 11.2. The zero-order chi connectivity index (χ0) is 22.2. The van der Waals surface area contributed by atoms with Crippen LogP contribution in [0.4, 0.5) is 5.69 Å². The smallest absolute Gasteiger partial charge is 0.256 e. The standard InChI is InChI=1S/C25H20BrN5O/c1-15-24(13-28-31(15)14-17-4-2-16(12-27)3-5-17)30-25(32)21-11-23(18-6-7-18)29-22-9-8-19(26)10-20(21)22/h2-5,8-11,13,18H,6-7,14H2,1H3,(H,30,32). The molecule has 5 rings (SSSR count). The molecule has 1 amide bonds. The lowest BCUT2D eigenvalue weighted by Crippen LogP contribution is -2.14. The Morgan fingerprint density at radius 1 is 1.22 bits per heavy atom. The summed E-state index contributed by atoms with van der Waals surface area (Å²) in [5.74, 6) is 0.282. The number of aromatic nitrogens is 3. The largest absolute Gasteiger partial charge is 0.319 e. The van der Waals surface area contributed by atoms with E-state index in [0.717, 1.165) is 45.2 Å². The molecule has 0 unspecified atom stereocenters. The Balaban J connectivity index is 1.42. The highest BCUT2D eigenvalue weighted by molar-refractivity contribution is 9.10. The van der Waals surface area contributed by atoms with Gasteiger partial charge < -0.3 is 5.32 Å². The average molecular weight is 486 g/mol. The number of carbonyl (C=O) groups excluding carboxylic acids is 1. The molecule has 7 heteroatoms. The highest BCUT2D eigenvalue weighted by Crippen LogP contribution is 2.40. The number of pyridine rings is 1. The van der Waals surface area contributed by atoms with Crippen LogP contribution >= 0.6 is 15.9 Å². The fourth-order valence-electron chi connectivity index (χ4n) is 3.77. The Labute approximate surface area is 194 Å². The lowest BCUT2D eigenvalue weighted by Gasteiger charge is -2.11. The number of carbonyl (C=O) groups is 1. The molecular formula is C25H20BrN5O. The Morgan fingerprint density at radius 3 is 2.72 bits per heavy atom. The molecule has 6 nitrogen and oxygen atoms in total. The van der Waals surface area contributed by atoms with Crippen LogP contribution in [-0.2, 0) is 6.54 Å². The van der Waals surface area contributed by atoms with Gasteiger partial charge in [0.2, 0.25) is 0 Å². The van der Waals surface area contributed by atoms with Gasteiger partial charge in [0, 0.05) is 21.5 Å². The number of benzene rings is 2. The summed E-state index contributed by atoms with van der Waals surface area (Å²) >= 11 is 3.51. The molecule has 1 saturated carbocycles. The zero-order valence-corrected chi connectivity index (χ0v) is 19.1. The van der Waals surface area contributed by atoms with Crippen LogP contribution < -0.4 is 5.32 Å². The van der Waals surface area contributed by atoms with Crippen molar-refractivity contribution in [1.82, 2.24) is 14.8 Å². The Kier molecular flexibility index (Phi) is 5.24. The number of nitrogens with zero attached hydrogens (tertiary/aromatic N) is 4. The molecule has 1 aliphatic carbocycles. The number of halogens is 1. The van der Waals surface area contributed by atoms with E-state index in [1.165, 1.54) is 0 Å². The molecule has 2 aromatic heterocycles. The van der Waals surface area contributed by atoms with Gasteiger partial charge in [0.1, 0.15) is 0 Å². The third kappa shape index (κ3) is 4.02. The lowest BCUT2D eigenvalue weighted by molar-refractivity contribution is 0.102. The van der Waals surface area contributed by atoms with Gasteiger partial charge in [0.25, 0.3) is 5.91 Å². The van der Waals surface area contributed by atoms with E-state index < -0.39 is 0 Å². The number of fused-ring (bicyclic) bond motifs is 1. The molecule has 4 aromatic rings. The minimum absolute atomic E-state index is 0.168. The van der Waals surface area contributed by atoms with E-state index in [9.17, 15) is 4.79 Å². The predicted molar refractivity (Wildman–Crippen MR) is 127 cm³/mol. The maximum atomic E-state index is 13.3. The van der Waals surface area contributed by atoms with Gasteiger partial charge in [-0.2, -0.15) is 10.4 Å². The molecule has 0 radical (unpaired) electrons. The second-order valence-electron chi connectivity index (χ2n) is 8.09. The van der Waals surface area contributed by atoms with Crippen LogP contribution in [0.3, 0.4) is 0 Å². The first kappa shape index (κ1) is 20.4. The number of rotatable bonds is 5. The van der Waals surface area contributed by atoms with Gasteiger partial charge in [-0.15, -0.1) is 0 Å². The molecular weight excluding hydrogens is 466 g/mol. The number of nitriles is 1. The number of nitrogens with one attached hydrogen (secondary N) is 1. The molecule has 2 heterocycles. The van der Waals surface area contributed by atoms with E-state index in [0.29, 0.717) is 29.3 Å². The SMILES string of the molecule is Cc1c(NC(=O)c2cc(C3CC3)nc3ccc(Br)cc23)cnn1Cc1ccc(C#N)cc1. The van der Waals surface area contributed by atoms with Crippen molar-refractivity contribution in [3.8, 4) is 6.07 Å². The van der Waals surface area contributed by atoms with E-state index >= 15 is 0 Å². The monoisotopic (exact) mass is 485 g/mol. The van der Waals surface area contributed by atoms with E-state index in [4.69, 9.17) is 10.2 Å². The number of anilines is 1. The van der Waals surface area contributed by atoms with Crippen LogP contribution in [0.1, 0.15) is 51.6 Å². The quantitative estimate of drug-likeness (QED) is 0.401. The van der Waals surface area contributed by atoms with Crippen LogP contribution in [0.15, 0.2) is 59.2 Å². The number of amides is 1. The Morgan fingerprint density at radius 2 is 2.00 bits per heavy atom. The van der Waals surface area contributed by atoms with Crippen molar-refractivity contribution >= 4 is 38.4 Å². The van der Waals surface area contributed by atoms with Crippen LogP contribution in [0.2, 0.25) is 0 Å². The van der Waals surface area contributed by atoms with Crippen molar-refractivity contribution in [3.05, 3.63) is 87.3 Å². The number of hydrogen-bond donors (Lipinski definition) is 1. The van der Waals surface area contributed by atoms with Crippen molar-refractivity contribution in [2.24, 2.45) is 0 Å². The third-order valence-electron chi connectivity index (χ3n) is 5.80. The van der Waals surface area contributed by atoms with Gasteiger partial charge >= 0.3 is 0 Å². The van der Waals surface area contributed by atoms with Crippen molar-refractivity contribution in [1.29, 1.82) is 5.26 Å². The van der Waals surface area contributed by atoms with Gasteiger partial charge in [-0.25, -0.2) is 0 Å². The molecule has 0 aliphatic heterocycles. The summed E-state index contributed by atoms with van der Waals surface area (Å²) in [4.78, 5) is 18.1. The molecule has 1 fully saturated rings. The van der Waals surface area contributed by atoms with Gasteiger partial charge in [0.15, 0.2) is 0 Å². The normalized spacial score (nSPS) is 13.2. The van der Waals surface area contributed by atoms with Gasteiger partial charge in [-0.05, 0) is 61.7 Å². The molecule has 2 aromatic carbocycles. The molecule has 0 spiro atoms. The third-order valence-corrected chi connectivity index (χ3v) is 6.29. The van der Waals surface area contributed by atoms with Crippen molar-refractivity contribution < 1.29 is 4.79 Å². The summed E-state index contributed by atoms with van der Waals surface area (Å²) in [6.45, 7) is 2.49. The topological polar surface area (TPSA) is 83.6 Å². The maximum Gasteiger partial charge on any atom is 0.256 e. The lowest BCUT2D eigenvalue weighted by atomic mass is 10.1. The van der Waals surface area contributed by atoms with E-state index in [1.54, 1.807) is 18.3 Å². The van der Waals surface area contributed by atoms with Crippen molar-refractivity contribution in [3.63, 3.8) is 0 Å². The molecule has 0 bridgehead atoms. The Bertz CT molecular complexity index is 1380. The molecule has 1 aliphatic rings. The predicted octanol–water partition coefficient (Wildman–Crippen LogP) is 5.55. The summed E-state index contributed by atoms with van der Waals surface area (Å²) in [5, 5.41) is 17.3.